The second kappa shape index (κ2) is 6.01. The molecule has 2 amide bonds. The Bertz CT molecular complexity index is 475. The van der Waals surface area contributed by atoms with Crippen LogP contribution in [0.1, 0.15) is 30.0 Å². The summed E-state index contributed by atoms with van der Waals surface area (Å²) in [6.45, 7) is 2.31. The Hall–Kier alpha value is -1.63. The standard InChI is InChI=1S/C12H17N3O3S/c1-7-6-19-10(14-7)5-13-12(18)15-9-3-2-8(4-9)11(16)17/h6,8-9H,2-5H2,1H3,(H,16,17)(H2,13,15,18)/t8-,9+/m1/s1. The molecule has 0 spiro atoms. The Balaban J connectivity index is 1.72. The summed E-state index contributed by atoms with van der Waals surface area (Å²) in [7, 11) is 0. The fraction of sp³-hybridized carbons (Fsp3) is 0.583. The molecule has 7 heteroatoms. The van der Waals surface area contributed by atoms with E-state index in [9.17, 15) is 9.59 Å². The van der Waals surface area contributed by atoms with Crippen LogP contribution in [0.25, 0.3) is 0 Å². The van der Waals surface area contributed by atoms with Crippen molar-refractivity contribution in [3.63, 3.8) is 0 Å². The molecule has 2 rings (SSSR count). The molecule has 6 nitrogen and oxygen atoms in total. The van der Waals surface area contributed by atoms with Crippen LogP contribution in [0, 0.1) is 12.8 Å². The van der Waals surface area contributed by atoms with E-state index < -0.39 is 5.97 Å². The highest BCUT2D eigenvalue weighted by atomic mass is 32.1. The van der Waals surface area contributed by atoms with Crippen LogP contribution in [-0.2, 0) is 11.3 Å². The number of nitrogens with zero attached hydrogens (tertiary/aromatic N) is 1. The SMILES string of the molecule is Cc1csc(CNC(=O)N[C@H]2CC[C@@H](C(=O)O)C2)n1. The summed E-state index contributed by atoms with van der Waals surface area (Å²) in [4.78, 5) is 26.7. The number of aryl methyl sites for hydroxylation is 1. The van der Waals surface area contributed by atoms with E-state index in [0.717, 1.165) is 17.1 Å². The fourth-order valence-electron chi connectivity index (χ4n) is 2.21. The van der Waals surface area contributed by atoms with Gasteiger partial charge in [-0.15, -0.1) is 11.3 Å². The van der Waals surface area contributed by atoms with Gasteiger partial charge in [0.05, 0.1) is 12.5 Å². The first-order chi connectivity index (χ1) is 9.04. The second-order valence-electron chi connectivity index (χ2n) is 4.75. The largest absolute Gasteiger partial charge is 0.481 e. The van der Waals surface area contributed by atoms with Gasteiger partial charge < -0.3 is 15.7 Å². The van der Waals surface area contributed by atoms with E-state index in [0.29, 0.717) is 19.4 Å². The summed E-state index contributed by atoms with van der Waals surface area (Å²) >= 11 is 1.51. The van der Waals surface area contributed by atoms with Crippen molar-refractivity contribution >= 4 is 23.3 Å². The molecule has 1 aromatic rings. The Morgan fingerprint density at radius 3 is 2.89 bits per heavy atom. The number of hydrogen-bond acceptors (Lipinski definition) is 4. The summed E-state index contributed by atoms with van der Waals surface area (Å²) in [6, 6.07) is -0.303. The van der Waals surface area contributed by atoms with Gasteiger partial charge in [-0.25, -0.2) is 9.78 Å². The lowest BCUT2D eigenvalue weighted by Gasteiger charge is -2.12. The lowest BCUT2D eigenvalue weighted by atomic mass is 10.1. The first-order valence-electron chi connectivity index (χ1n) is 6.23. The van der Waals surface area contributed by atoms with Gasteiger partial charge in [0, 0.05) is 17.1 Å². The van der Waals surface area contributed by atoms with Crippen molar-refractivity contribution in [1.82, 2.24) is 15.6 Å². The maximum Gasteiger partial charge on any atom is 0.315 e. The van der Waals surface area contributed by atoms with E-state index in [2.05, 4.69) is 15.6 Å². The molecule has 0 saturated heterocycles. The number of nitrogens with one attached hydrogen (secondary N) is 2. The average molecular weight is 283 g/mol. The number of aliphatic carboxylic acids is 1. The summed E-state index contributed by atoms with van der Waals surface area (Å²) in [5.41, 5.74) is 0.947. The Labute approximate surface area is 115 Å². The number of carboxylic acids is 1. The predicted molar refractivity (Wildman–Crippen MR) is 71.0 cm³/mol. The molecule has 1 aromatic heterocycles. The van der Waals surface area contributed by atoms with E-state index in [1.165, 1.54) is 11.3 Å². The highest BCUT2D eigenvalue weighted by molar-refractivity contribution is 7.09. The number of hydrogen-bond donors (Lipinski definition) is 3. The maximum absolute atomic E-state index is 11.7. The van der Waals surface area contributed by atoms with Gasteiger partial charge in [-0.2, -0.15) is 0 Å². The van der Waals surface area contributed by atoms with Crippen molar-refractivity contribution in [2.24, 2.45) is 5.92 Å². The average Bonchev–Trinajstić information content (AvgIpc) is 2.96. The molecule has 0 aromatic carbocycles. The van der Waals surface area contributed by atoms with E-state index in [1.807, 2.05) is 12.3 Å². The van der Waals surface area contributed by atoms with Crippen LogP contribution < -0.4 is 10.6 Å². The molecular weight excluding hydrogens is 266 g/mol. The molecule has 0 aliphatic heterocycles. The van der Waals surface area contributed by atoms with Crippen molar-refractivity contribution < 1.29 is 14.7 Å². The highest BCUT2D eigenvalue weighted by Gasteiger charge is 2.30. The van der Waals surface area contributed by atoms with Gasteiger partial charge in [-0.1, -0.05) is 0 Å². The number of rotatable bonds is 4. The number of carbonyl (C=O) groups excluding carboxylic acids is 1. The van der Waals surface area contributed by atoms with Crippen molar-refractivity contribution in [2.45, 2.75) is 38.8 Å². The second-order valence-corrected chi connectivity index (χ2v) is 5.70. The fourth-order valence-corrected chi connectivity index (χ4v) is 2.92. The monoisotopic (exact) mass is 283 g/mol. The molecule has 0 bridgehead atoms. The minimum Gasteiger partial charge on any atom is -0.481 e. The molecule has 1 fully saturated rings. The molecule has 1 aliphatic carbocycles. The molecule has 19 heavy (non-hydrogen) atoms. The summed E-state index contributed by atoms with van der Waals surface area (Å²) in [6.07, 6.45) is 1.87. The van der Waals surface area contributed by atoms with E-state index in [-0.39, 0.29) is 18.0 Å². The maximum atomic E-state index is 11.7. The number of amides is 2. The van der Waals surface area contributed by atoms with E-state index in [1.54, 1.807) is 0 Å². The van der Waals surface area contributed by atoms with Crippen LogP contribution in [-0.4, -0.2) is 28.1 Å². The molecule has 1 saturated carbocycles. The van der Waals surface area contributed by atoms with Gasteiger partial charge in [0.15, 0.2) is 0 Å². The third-order valence-electron chi connectivity index (χ3n) is 3.18. The third kappa shape index (κ3) is 3.92. The molecule has 0 unspecified atom stereocenters. The van der Waals surface area contributed by atoms with Gasteiger partial charge in [0.1, 0.15) is 5.01 Å². The zero-order valence-corrected chi connectivity index (χ0v) is 11.5. The minimum atomic E-state index is -0.775. The van der Waals surface area contributed by atoms with Gasteiger partial charge in [-0.3, -0.25) is 4.79 Å². The molecule has 1 heterocycles. The molecular formula is C12H17N3O3S. The zero-order valence-electron chi connectivity index (χ0n) is 10.7. The quantitative estimate of drug-likeness (QED) is 0.781. The molecule has 1 aliphatic rings. The smallest absolute Gasteiger partial charge is 0.315 e. The number of thiazole rings is 1. The first-order valence-corrected chi connectivity index (χ1v) is 7.10. The summed E-state index contributed by atoms with van der Waals surface area (Å²) in [5, 5.41) is 17.2. The summed E-state index contributed by atoms with van der Waals surface area (Å²) < 4.78 is 0. The molecule has 0 radical (unpaired) electrons. The minimum absolute atomic E-state index is 0.0425. The topological polar surface area (TPSA) is 91.3 Å². The lowest BCUT2D eigenvalue weighted by molar-refractivity contribution is -0.141. The number of carbonyl (C=O) groups is 2. The number of carboxylic acid groups (broad SMARTS) is 1. The number of aromatic nitrogens is 1. The Morgan fingerprint density at radius 2 is 2.32 bits per heavy atom. The highest BCUT2D eigenvalue weighted by Crippen LogP contribution is 2.25. The third-order valence-corrected chi connectivity index (χ3v) is 4.15. The predicted octanol–water partition coefficient (Wildman–Crippen LogP) is 1.50. The van der Waals surface area contributed by atoms with E-state index >= 15 is 0 Å². The normalized spacial score (nSPS) is 22.2. The van der Waals surface area contributed by atoms with Crippen molar-refractivity contribution in [2.75, 3.05) is 0 Å². The van der Waals surface area contributed by atoms with Crippen LogP contribution in [0.15, 0.2) is 5.38 Å². The molecule has 3 N–H and O–H groups in total. The zero-order chi connectivity index (χ0) is 13.8. The van der Waals surface area contributed by atoms with Crippen LogP contribution >= 0.6 is 11.3 Å². The van der Waals surface area contributed by atoms with Crippen LogP contribution in [0.4, 0.5) is 4.79 Å². The van der Waals surface area contributed by atoms with Crippen molar-refractivity contribution in [3.8, 4) is 0 Å². The van der Waals surface area contributed by atoms with Crippen LogP contribution in [0.3, 0.4) is 0 Å². The first kappa shape index (κ1) is 13.8. The molecule has 2 atom stereocenters. The summed E-state index contributed by atoms with van der Waals surface area (Å²) in [5.74, 6) is -1.10. The van der Waals surface area contributed by atoms with Crippen molar-refractivity contribution in [1.29, 1.82) is 0 Å². The van der Waals surface area contributed by atoms with Crippen molar-refractivity contribution in [3.05, 3.63) is 16.1 Å². The Kier molecular flexibility index (Phi) is 4.36. The lowest BCUT2D eigenvalue weighted by Crippen LogP contribution is -2.40. The Morgan fingerprint density at radius 1 is 1.53 bits per heavy atom. The van der Waals surface area contributed by atoms with Gasteiger partial charge in [-0.05, 0) is 26.2 Å². The van der Waals surface area contributed by atoms with Gasteiger partial charge >= 0.3 is 12.0 Å². The van der Waals surface area contributed by atoms with E-state index in [4.69, 9.17) is 5.11 Å². The molecule has 104 valence electrons. The van der Waals surface area contributed by atoms with Gasteiger partial charge in [0.25, 0.3) is 0 Å². The van der Waals surface area contributed by atoms with Crippen LogP contribution in [0.5, 0.6) is 0 Å². The van der Waals surface area contributed by atoms with Crippen LogP contribution in [0.2, 0.25) is 0 Å². The number of urea groups is 1. The van der Waals surface area contributed by atoms with Gasteiger partial charge in [0.2, 0.25) is 0 Å².